The third-order valence-electron chi connectivity index (χ3n) is 3.92. The maximum atomic E-state index is 12.3. The molecule has 0 bridgehead atoms. The van der Waals surface area contributed by atoms with E-state index < -0.39 is 0 Å². The van der Waals surface area contributed by atoms with Gasteiger partial charge in [-0.15, -0.1) is 10.2 Å². The maximum Gasteiger partial charge on any atom is 0.286 e. The molecule has 2 N–H and O–H groups in total. The lowest BCUT2D eigenvalue weighted by atomic mass is 10.1. The van der Waals surface area contributed by atoms with Gasteiger partial charge in [0, 0.05) is 24.9 Å². The highest BCUT2D eigenvalue weighted by Crippen LogP contribution is 2.15. The van der Waals surface area contributed by atoms with E-state index in [0.717, 1.165) is 11.3 Å². The first-order valence-corrected chi connectivity index (χ1v) is 9.54. The second-order valence-corrected chi connectivity index (χ2v) is 7.06. The van der Waals surface area contributed by atoms with Gasteiger partial charge in [0.1, 0.15) is 10.8 Å². The number of rotatable bonds is 8. The molecule has 3 rings (SSSR count). The van der Waals surface area contributed by atoms with Crippen molar-refractivity contribution >= 4 is 28.8 Å². The van der Waals surface area contributed by atoms with Gasteiger partial charge in [-0.1, -0.05) is 23.5 Å². The summed E-state index contributed by atoms with van der Waals surface area (Å²) in [4.78, 5) is 24.6. The summed E-state index contributed by atoms with van der Waals surface area (Å²) < 4.78 is 10.1. The van der Waals surface area contributed by atoms with Gasteiger partial charge in [-0.2, -0.15) is 0 Å². The zero-order valence-electron chi connectivity index (χ0n) is 16.0. The van der Waals surface area contributed by atoms with E-state index in [-0.39, 0.29) is 16.8 Å². The first kappa shape index (κ1) is 20.4. The first-order valence-electron chi connectivity index (χ1n) is 8.73. The Balaban J connectivity index is 1.55. The van der Waals surface area contributed by atoms with Crippen LogP contribution in [0.4, 0.5) is 5.69 Å². The summed E-state index contributed by atoms with van der Waals surface area (Å²) in [5.74, 6) is 0.167. The van der Waals surface area contributed by atoms with Crippen molar-refractivity contribution in [2.75, 3.05) is 19.5 Å². The number of nitrogens with zero attached hydrogens (tertiary/aromatic N) is 2. The van der Waals surface area contributed by atoms with Crippen LogP contribution in [0.5, 0.6) is 5.75 Å². The molecule has 0 spiro atoms. The standard InChI is InChI=1S/C20H20N4O4S/c1-27-12-17-23-24-20(29-17)19(26)22-15-8-6-14(7-9-15)18(25)21-11-13-4-3-5-16(10-13)28-2/h3-10H,11-12H2,1-2H3,(H,21,25)(H,22,26). The summed E-state index contributed by atoms with van der Waals surface area (Å²) in [5.41, 5.74) is 1.98. The Kier molecular flexibility index (Phi) is 6.88. The minimum atomic E-state index is -0.361. The molecular weight excluding hydrogens is 392 g/mol. The highest BCUT2D eigenvalue weighted by molar-refractivity contribution is 7.13. The molecule has 0 aliphatic heterocycles. The number of carbonyl (C=O) groups excluding carboxylic acids is 2. The van der Waals surface area contributed by atoms with Crippen LogP contribution in [0.2, 0.25) is 0 Å². The van der Waals surface area contributed by atoms with Crippen molar-refractivity contribution < 1.29 is 19.1 Å². The highest BCUT2D eigenvalue weighted by atomic mass is 32.1. The minimum absolute atomic E-state index is 0.209. The Hall–Kier alpha value is -3.30. The Morgan fingerprint density at radius 2 is 1.83 bits per heavy atom. The number of nitrogens with one attached hydrogen (secondary N) is 2. The summed E-state index contributed by atoms with van der Waals surface area (Å²) in [7, 11) is 3.15. The third kappa shape index (κ3) is 5.59. The third-order valence-corrected chi connectivity index (χ3v) is 4.82. The van der Waals surface area contributed by atoms with Gasteiger partial charge in [-0.25, -0.2) is 0 Å². The van der Waals surface area contributed by atoms with Crippen LogP contribution in [-0.4, -0.2) is 36.2 Å². The minimum Gasteiger partial charge on any atom is -0.497 e. The lowest BCUT2D eigenvalue weighted by Crippen LogP contribution is -2.22. The van der Waals surface area contributed by atoms with Crippen LogP contribution in [-0.2, 0) is 17.9 Å². The van der Waals surface area contributed by atoms with E-state index in [1.807, 2.05) is 24.3 Å². The summed E-state index contributed by atoms with van der Waals surface area (Å²) in [6.07, 6.45) is 0. The zero-order valence-corrected chi connectivity index (χ0v) is 16.8. The fourth-order valence-electron chi connectivity index (χ4n) is 2.48. The predicted molar refractivity (Wildman–Crippen MR) is 109 cm³/mol. The largest absolute Gasteiger partial charge is 0.497 e. The van der Waals surface area contributed by atoms with Crippen molar-refractivity contribution in [3.63, 3.8) is 0 Å². The Bertz CT molecular complexity index is 988. The number of methoxy groups -OCH3 is 2. The van der Waals surface area contributed by atoms with Crippen molar-refractivity contribution in [2.45, 2.75) is 13.2 Å². The van der Waals surface area contributed by atoms with Crippen LogP contribution in [0, 0.1) is 0 Å². The molecule has 0 atom stereocenters. The van der Waals surface area contributed by atoms with E-state index in [1.54, 1.807) is 38.5 Å². The molecule has 0 aliphatic rings. The molecule has 3 aromatic rings. The monoisotopic (exact) mass is 412 g/mol. The van der Waals surface area contributed by atoms with Gasteiger partial charge in [-0.3, -0.25) is 9.59 Å². The molecule has 2 amide bonds. The lowest BCUT2D eigenvalue weighted by molar-refractivity contribution is 0.0950. The van der Waals surface area contributed by atoms with Crippen molar-refractivity contribution in [1.82, 2.24) is 15.5 Å². The van der Waals surface area contributed by atoms with E-state index in [4.69, 9.17) is 9.47 Å². The van der Waals surface area contributed by atoms with Gasteiger partial charge in [0.25, 0.3) is 11.8 Å². The Morgan fingerprint density at radius 3 is 2.55 bits per heavy atom. The zero-order chi connectivity index (χ0) is 20.6. The van der Waals surface area contributed by atoms with Gasteiger partial charge in [0.05, 0.1) is 13.7 Å². The number of hydrogen-bond acceptors (Lipinski definition) is 7. The number of hydrogen-bond donors (Lipinski definition) is 2. The van der Waals surface area contributed by atoms with Crippen molar-refractivity contribution in [1.29, 1.82) is 0 Å². The predicted octanol–water partition coefficient (Wildman–Crippen LogP) is 2.88. The van der Waals surface area contributed by atoms with E-state index >= 15 is 0 Å². The molecule has 8 nitrogen and oxygen atoms in total. The fraction of sp³-hybridized carbons (Fsp3) is 0.200. The first-order chi connectivity index (χ1) is 14.1. The van der Waals surface area contributed by atoms with E-state index in [2.05, 4.69) is 20.8 Å². The van der Waals surface area contributed by atoms with Gasteiger partial charge >= 0.3 is 0 Å². The molecule has 29 heavy (non-hydrogen) atoms. The van der Waals surface area contributed by atoms with Crippen molar-refractivity contribution in [3.05, 3.63) is 69.7 Å². The van der Waals surface area contributed by atoms with Crippen LogP contribution in [0.15, 0.2) is 48.5 Å². The molecule has 150 valence electrons. The van der Waals surface area contributed by atoms with E-state index in [0.29, 0.717) is 29.4 Å². The summed E-state index contributed by atoms with van der Waals surface area (Å²) in [5, 5.41) is 14.2. The molecule has 1 aromatic heterocycles. The second-order valence-electron chi connectivity index (χ2n) is 6.00. The molecule has 0 saturated carbocycles. The molecule has 0 aliphatic carbocycles. The Morgan fingerprint density at radius 1 is 1.03 bits per heavy atom. The molecule has 0 saturated heterocycles. The molecule has 0 unspecified atom stereocenters. The maximum absolute atomic E-state index is 12.3. The van der Waals surface area contributed by atoms with Crippen LogP contribution in [0.1, 0.15) is 30.7 Å². The molecule has 2 aromatic carbocycles. The van der Waals surface area contributed by atoms with Crippen molar-refractivity contribution in [2.24, 2.45) is 0 Å². The summed E-state index contributed by atoms with van der Waals surface area (Å²) >= 11 is 1.17. The second kappa shape index (κ2) is 9.76. The van der Waals surface area contributed by atoms with E-state index in [1.165, 1.54) is 11.3 Å². The summed E-state index contributed by atoms with van der Waals surface area (Å²) in [6.45, 7) is 0.694. The van der Waals surface area contributed by atoms with Crippen LogP contribution >= 0.6 is 11.3 Å². The normalized spacial score (nSPS) is 10.4. The number of benzene rings is 2. The van der Waals surface area contributed by atoms with Crippen LogP contribution in [0.25, 0.3) is 0 Å². The highest BCUT2D eigenvalue weighted by Gasteiger charge is 2.13. The topological polar surface area (TPSA) is 102 Å². The van der Waals surface area contributed by atoms with E-state index in [9.17, 15) is 9.59 Å². The van der Waals surface area contributed by atoms with Gasteiger partial charge in [-0.05, 0) is 42.0 Å². The fourth-order valence-corrected chi connectivity index (χ4v) is 3.19. The number of anilines is 1. The SMILES string of the molecule is COCc1nnc(C(=O)Nc2ccc(C(=O)NCc3cccc(OC)c3)cc2)s1. The van der Waals surface area contributed by atoms with Gasteiger partial charge in [0.15, 0.2) is 0 Å². The quantitative estimate of drug-likeness (QED) is 0.590. The molecule has 1 heterocycles. The smallest absolute Gasteiger partial charge is 0.286 e. The van der Waals surface area contributed by atoms with Gasteiger partial charge < -0.3 is 20.1 Å². The average molecular weight is 412 g/mol. The Labute approximate surface area is 171 Å². The van der Waals surface area contributed by atoms with Crippen LogP contribution in [0.3, 0.4) is 0 Å². The molecule has 0 fully saturated rings. The van der Waals surface area contributed by atoms with Crippen LogP contribution < -0.4 is 15.4 Å². The number of amides is 2. The van der Waals surface area contributed by atoms with Gasteiger partial charge in [0.2, 0.25) is 5.01 Å². The van der Waals surface area contributed by atoms with Crippen molar-refractivity contribution in [3.8, 4) is 5.75 Å². The lowest BCUT2D eigenvalue weighted by Gasteiger charge is -2.08. The number of ether oxygens (including phenoxy) is 2. The molecule has 0 radical (unpaired) electrons. The number of aromatic nitrogens is 2. The summed E-state index contributed by atoms with van der Waals surface area (Å²) in [6, 6.07) is 14.1. The molecule has 9 heteroatoms. The number of carbonyl (C=O) groups is 2. The molecular formula is C20H20N4O4S. The average Bonchev–Trinajstić information content (AvgIpc) is 3.22.